The average Bonchev–Trinajstić information content (AvgIpc) is 3.10. The van der Waals surface area contributed by atoms with Crippen LogP contribution in [0.4, 0.5) is 10.5 Å². The maximum absolute atomic E-state index is 12.4. The van der Waals surface area contributed by atoms with E-state index in [1.807, 2.05) is 42.5 Å². The number of ether oxygens (including phenoxy) is 3. The minimum atomic E-state index is -0.378. The van der Waals surface area contributed by atoms with Crippen molar-refractivity contribution in [1.29, 1.82) is 0 Å². The first-order valence-corrected chi connectivity index (χ1v) is 8.49. The summed E-state index contributed by atoms with van der Waals surface area (Å²) in [5.41, 5.74) is 1.73. The maximum Gasteiger partial charge on any atom is 0.410 e. The van der Waals surface area contributed by atoms with Crippen molar-refractivity contribution in [1.82, 2.24) is 9.88 Å². The van der Waals surface area contributed by atoms with E-state index in [0.29, 0.717) is 19.0 Å². The molecule has 1 aliphatic heterocycles. The van der Waals surface area contributed by atoms with Gasteiger partial charge in [0.1, 0.15) is 18.8 Å². The number of amides is 1. The monoisotopic (exact) mass is 357 g/mol. The van der Waals surface area contributed by atoms with Gasteiger partial charge < -0.3 is 24.4 Å². The Morgan fingerprint density at radius 3 is 2.69 bits per heavy atom. The van der Waals surface area contributed by atoms with Crippen molar-refractivity contribution < 1.29 is 19.0 Å². The van der Waals surface area contributed by atoms with E-state index in [-0.39, 0.29) is 24.9 Å². The van der Waals surface area contributed by atoms with Crippen LogP contribution in [0.15, 0.2) is 48.7 Å². The van der Waals surface area contributed by atoms with Crippen molar-refractivity contribution in [2.24, 2.45) is 0 Å². The summed E-state index contributed by atoms with van der Waals surface area (Å²) in [6.45, 7) is 1.03. The number of carbonyl (C=O) groups excluding carboxylic acids is 1. The molecule has 1 fully saturated rings. The van der Waals surface area contributed by atoms with Gasteiger partial charge in [-0.25, -0.2) is 9.78 Å². The molecule has 2 heterocycles. The standard InChI is InChI=1S/C19H23N3O4/c1-20-15-9-6-10-21-18(15)26-17-12-22(11-16(17)24-2)19(23)25-13-14-7-4-3-5-8-14/h3-10,16-17,20H,11-13H2,1-2H3. The van der Waals surface area contributed by atoms with Gasteiger partial charge in [0.25, 0.3) is 0 Å². The predicted molar refractivity (Wildman–Crippen MR) is 97.2 cm³/mol. The summed E-state index contributed by atoms with van der Waals surface area (Å²) in [5.74, 6) is 0.488. The van der Waals surface area contributed by atoms with Crippen LogP contribution in [0.5, 0.6) is 5.88 Å². The molecule has 1 aromatic carbocycles. The molecule has 1 amide bonds. The zero-order valence-electron chi connectivity index (χ0n) is 14.9. The van der Waals surface area contributed by atoms with E-state index in [2.05, 4.69) is 10.3 Å². The van der Waals surface area contributed by atoms with Gasteiger partial charge in [0.2, 0.25) is 5.88 Å². The number of nitrogens with one attached hydrogen (secondary N) is 1. The summed E-state index contributed by atoms with van der Waals surface area (Å²) >= 11 is 0. The lowest BCUT2D eigenvalue weighted by Gasteiger charge is -2.19. The van der Waals surface area contributed by atoms with Crippen molar-refractivity contribution in [3.05, 3.63) is 54.2 Å². The highest BCUT2D eigenvalue weighted by molar-refractivity contribution is 5.68. The Balaban J connectivity index is 1.60. The van der Waals surface area contributed by atoms with E-state index >= 15 is 0 Å². The van der Waals surface area contributed by atoms with Crippen LogP contribution in [0.25, 0.3) is 0 Å². The maximum atomic E-state index is 12.4. The number of hydrogen-bond acceptors (Lipinski definition) is 6. The molecule has 1 N–H and O–H groups in total. The molecule has 2 aromatic rings. The molecule has 2 unspecified atom stereocenters. The molecule has 0 saturated carbocycles. The van der Waals surface area contributed by atoms with Gasteiger partial charge in [0.15, 0.2) is 0 Å². The van der Waals surface area contributed by atoms with Crippen molar-refractivity contribution >= 4 is 11.8 Å². The zero-order chi connectivity index (χ0) is 18.4. The first kappa shape index (κ1) is 18.0. The van der Waals surface area contributed by atoms with E-state index in [9.17, 15) is 4.79 Å². The lowest BCUT2D eigenvalue weighted by atomic mass is 10.2. The van der Waals surface area contributed by atoms with Gasteiger partial charge in [-0.2, -0.15) is 0 Å². The van der Waals surface area contributed by atoms with E-state index in [1.165, 1.54) is 0 Å². The highest BCUT2D eigenvalue weighted by Crippen LogP contribution is 2.25. The number of carbonyl (C=O) groups is 1. The molecule has 1 aromatic heterocycles. The van der Waals surface area contributed by atoms with Crippen LogP contribution in [0.3, 0.4) is 0 Å². The van der Waals surface area contributed by atoms with Gasteiger partial charge in [-0.3, -0.25) is 0 Å². The van der Waals surface area contributed by atoms with Crippen LogP contribution < -0.4 is 10.1 Å². The fraction of sp³-hybridized carbons (Fsp3) is 0.368. The van der Waals surface area contributed by atoms with Crippen molar-refractivity contribution in [2.75, 3.05) is 32.6 Å². The Bertz CT molecular complexity index is 726. The number of pyridine rings is 1. The Morgan fingerprint density at radius 2 is 1.96 bits per heavy atom. The summed E-state index contributed by atoms with van der Waals surface area (Å²) in [6, 6.07) is 13.3. The Morgan fingerprint density at radius 1 is 1.19 bits per heavy atom. The molecule has 3 rings (SSSR count). The Kier molecular flexibility index (Phi) is 5.91. The van der Waals surface area contributed by atoms with Crippen LogP contribution >= 0.6 is 0 Å². The number of nitrogens with zero attached hydrogens (tertiary/aromatic N) is 2. The average molecular weight is 357 g/mol. The van der Waals surface area contributed by atoms with Gasteiger partial charge in [-0.15, -0.1) is 0 Å². The molecule has 0 radical (unpaired) electrons. The van der Waals surface area contributed by atoms with Gasteiger partial charge in [0, 0.05) is 20.4 Å². The molecule has 2 atom stereocenters. The van der Waals surface area contributed by atoms with Gasteiger partial charge in [-0.1, -0.05) is 30.3 Å². The highest BCUT2D eigenvalue weighted by Gasteiger charge is 2.38. The summed E-state index contributed by atoms with van der Waals surface area (Å²) < 4.78 is 16.9. The van der Waals surface area contributed by atoms with E-state index < -0.39 is 0 Å². The second-order valence-electron chi connectivity index (χ2n) is 5.98. The largest absolute Gasteiger partial charge is 0.468 e. The Labute approximate surface area is 152 Å². The van der Waals surface area contributed by atoms with Crippen LogP contribution in [-0.4, -0.2) is 55.4 Å². The van der Waals surface area contributed by atoms with Gasteiger partial charge in [-0.05, 0) is 17.7 Å². The van der Waals surface area contributed by atoms with Gasteiger partial charge in [0.05, 0.1) is 18.8 Å². The second-order valence-corrected chi connectivity index (χ2v) is 5.98. The number of likely N-dealkylation sites (tertiary alicyclic amines) is 1. The third-order valence-corrected chi connectivity index (χ3v) is 4.28. The number of aromatic nitrogens is 1. The third kappa shape index (κ3) is 4.23. The normalized spacial score (nSPS) is 19.2. The predicted octanol–water partition coefficient (Wildman–Crippen LogP) is 2.54. The minimum Gasteiger partial charge on any atom is -0.468 e. The van der Waals surface area contributed by atoms with Crippen LogP contribution in [0.1, 0.15) is 5.56 Å². The number of rotatable bonds is 6. The summed E-state index contributed by atoms with van der Waals surface area (Å²) in [4.78, 5) is 18.2. The third-order valence-electron chi connectivity index (χ3n) is 4.28. The summed E-state index contributed by atoms with van der Waals surface area (Å²) in [7, 11) is 3.41. The van der Waals surface area contributed by atoms with E-state index in [0.717, 1.165) is 11.3 Å². The molecule has 0 bridgehead atoms. The lowest BCUT2D eigenvalue weighted by molar-refractivity contribution is 0.0322. The molecular weight excluding hydrogens is 334 g/mol. The zero-order valence-corrected chi connectivity index (χ0v) is 14.9. The number of benzene rings is 1. The number of anilines is 1. The lowest BCUT2D eigenvalue weighted by Crippen LogP contribution is -2.32. The fourth-order valence-electron chi connectivity index (χ4n) is 2.86. The fourth-order valence-corrected chi connectivity index (χ4v) is 2.86. The SMILES string of the molecule is CNc1cccnc1OC1CN(C(=O)OCc2ccccc2)CC1OC. The molecule has 138 valence electrons. The quantitative estimate of drug-likeness (QED) is 0.856. The highest BCUT2D eigenvalue weighted by atomic mass is 16.6. The number of hydrogen-bond donors (Lipinski definition) is 1. The number of methoxy groups -OCH3 is 1. The first-order valence-electron chi connectivity index (χ1n) is 8.49. The smallest absolute Gasteiger partial charge is 0.410 e. The van der Waals surface area contributed by atoms with Crippen LogP contribution in [-0.2, 0) is 16.1 Å². The first-order chi connectivity index (χ1) is 12.7. The Hall–Kier alpha value is -2.80. The molecule has 26 heavy (non-hydrogen) atoms. The molecule has 7 heteroatoms. The van der Waals surface area contributed by atoms with Crippen molar-refractivity contribution in [3.8, 4) is 5.88 Å². The van der Waals surface area contributed by atoms with Crippen LogP contribution in [0.2, 0.25) is 0 Å². The molecule has 0 spiro atoms. The molecule has 1 aliphatic rings. The van der Waals surface area contributed by atoms with E-state index in [1.54, 1.807) is 25.3 Å². The topological polar surface area (TPSA) is 72.9 Å². The van der Waals surface area contributed by atoms with Crippen LogP contribution in [0, 0.1) is 0 Å². The molecule has 1 saturated heterocycles. The molecule has 7 nitrogen and oxygen atoms in total. The summed E-state index contributed by atoms with van der Waals surface area (Å²) in [6.07, 6.45) is 0.730. The van der Waals surface area contributed by atoms with Crippen molar-refractivity contribution in [3.63, 3.8) is 0 Å². The molecule has 0 aliphatic carbocycles. The van der Waals surface area contributed by atoms with Gasteiger partial charge >= 0.3 is 6.09 Å². The summed E-state index contributed by atoms with van der Waals surface area (Å²) in [5, 5.41) is 3.04. The molecular formula is C19H23N3O4. The van der Waals surface area contributed by atoms with Crippen molar-refractivity contribution in [2.45, 2.75) is 18.8 Å². The van der Waals surface area contributed by atoms with E-state index in [4.69, 9.17) is 14.2 Å². The minimum absolute atomic E-state index is 0.240. The second kappa shape index (κ2) is 8.53.